The Balaban J connectivity index is 2.29. The zero-order valence-electron chi connectivity index (χ0n) is 10.8. The van der Waals surface area contributed by atoms with E-state index in [1.807, 2.05) is 20.0 Å². The second kappa shape index (κ2) is 6.08. The fourth-order valence-electron chi connectivity index (χ4n) is 1.95. The van der Waals surface area contributed by atoms with E-state index in [0.717, 1.165) is 5.69 Å². The van der Waals surface area contributed by atoms with Crippen LogP contribution in [-0.2, 0) is 6.42 Å². The van der Waals surface area contributed by atoms with E-state index in [1.165, 1.54) is 6.07 Å². The molecule has 0 amide bonds. The number of aromatic nitrogens is 2. The van der Waals surface area contributed by atoms with Crippen molar-refractivity contribution in [2.75, 3.05) is 7.05 Å². The van der Waals surface area contributed by atoms with Crippen molar-refractivity contribution in [2.24, 2.45) is 0 Å². The van der Waals surface area contributed by atoms with Gasteiger partial charge in [0, 0.05) is 16.8 Å². The van der Waals surface area contributed by atoms with E-state index >= 15 is 0 Å². The van der Waals surface area contributed by atoms with Gasteiger partial charge in [0.1, 0.15) is 11.6 Å². The average Bonchev–Trinajstić information content (AvgIpc) is 2.38. The lowest BCUT2D eigenvalue weighted by molar-refractivity contribution is 0.543. The number of hydrogen-bond donors (Lipinski definition) is 1. The lowest BCUT2D eigenvalue weighted by Gasteiger charge is -2.17. The first-order valence-electron chi connectivity index (χ1n) is 6.01. The van der Waals surface area contributed by atoms with Gasteiger partial charge in [-0.1, -0.05) is 17.7 Å². The van der Waals surface area contributed by atoms with Crippen molar-refractivity contribution in [3.05, 3.63) is 58.4 Å². The molecular formula is C14H15ClFN3. The first kappa shape index (κ1) is 13.9. The molecule has 1 atom stereocenters. The molecule has 0 saturated heterocycles. The summed E-state index contributed by atoms with van der Waals surface area (Å²) in [6.45, 7) is 1.83. The molecule has 19 heavy (non-hydrogen) atoms. The van der Waals surface area contributed by atoms with Gasteiger partial charge in [-0.3, -0.25) is 0 Å². The third-order valence-corrected chi connectivity index (χ3v) is 3.33. The quantitative estimate of drug-likeness (QED) is 0.935. The van der Waals surface area contributed by atoms with Crippen molar-refractivity contribution in [1.82, 2.24) is 15.3 Å². The first-order chi connectivity index (χ1) is 9.11. The smallest absolute Gasteiger partial charge is 0.127 e. The molecule has 0 radical (unpaired) electrons. The minimum absolute atomic E-state index is 0.101. The Bertz CT molecular complexity index is 554. The Labute approximate surface area is 116 Å². The minimum Gasteiger partial charge on any atom is -0.311 e. The average molecular weight is 280 g/mol. The second-order valence-corrected chi connectivity index (χ2v) is 4.68. The van der Waals surface area contributed by atoms with Gasteiger partial charge in [-0.15, -0.1) is 0 Å². The number of nitrogens with zero attached hydrogens (tertiary/aromatic N) is 2. The zero-order chi connectivity index (χ0) is 13.8. The number of rotatable bonds is 4. The van der Waals surface area contributed by atoms with Crippen LogP contribution in [0.15, 0.2) is 30.5 Å². The molecule has 0 bridgehead atoms. The van der Waals surface area contributed by atoms with Crippen LogP contribution in [0.5, 0.6) is 0 Å². The third kappa shape index (κ3) is 3.28. The van der Waals surface area contributed by atoms with Crippen LogP contribution < -0.4 is 5.32 Å². The summed E-state index contributed by atoms with van der Waals surface area (Å²) in [7, 11) is 1.82. The number of hydrogen-bond acceptors (Lipinski definition) is 3. The topological polar surface area (TPSA) is 37.8 Å². The summed E-state index contributed by atoms with van der Waals surface area (Å²) in [4.78, 5) is 8.42. The van der Waals surface area contributed by atoms with E-state index in [2.05, 4.69) is 15.3 Å². The lowest BCUT2D eigenvalue weighted by Crippen LogP contribution is -2.21. The van der Waals surface area contributed by atoms with Gasteiger partial charge in [0.15, 0.2) is 0 Å². The van der Waals surface area contributed by atoms with Gasteiger partial charge in [0.2, 0.25) is 0 Å². The van der Waals surface area contributed by atoms with Crippen molar-refractivity contribution in [1.29, 1.82) is 0 Å². The highest BCUT2D eigenvalue weighted by Gasteiger charge is 2.16. The molecule has 2 rings (SSSR count). The normalized spacial score (nSPS) is 12.4. The standard InChI is InChI=1S/C14H15ClFN3/c1-9-18-7-6-13(19-9)14(17-2)8-10-11(15)4-3-5-12(10)16/h3-7,14,17H,8H2,1-2H3. The van der Waals surface area contributed by atoms with Gasteiger partial charge < -0.3 is 5.32 Å². The molecule has 1 unspecified atom stereocenters. The maximum absolute atomic E-state index is 13.8. The van der Waals surface area contributed by atoms with Crippen molar-refractivity contribution >= 4 is 11.6 Å². The second-order valence-electron chi connectivity index (χ2n) is 4.27. The molecule has 0 aliphatic rings. The van der Waals surface area contributed by atoms with Crippen LogP contribution in [0, 0.1) is 12.7 Å². The number of halogens is 2. The van der Waals surface area contributed by atoms with Crippen molar-refractivity contribution in [2.45, 2.75) is 19.4 Å². The van der Waals surface area contributed by atoms with Gasteiger partial charge in [0.05, 0.1) is 11.7 Å². The molecular weight excluding hydrogens is 265 g/mol. The fraction of sp³-hybridized carbons (Fsp3) is 0.286. The largest absolute Gasteiger partial charge is 0.311 e. The molecule has 0 aliphatic heterocycles. The molecule has 0 spiro atoms. The summed E-state index contributed by atoms with van der Waals surface area (Å²) in [6.07, 6.45) is 2.14. The molecule has 3 nitrogen and oxygen atoms in total. The van der Waals surface area contributed by atoms with Gasteiger partial charge in [-0.2, -0.15) is 0 Å². The van der Waals surface area contributed by atoms with Crippen molar-refractivity contribution < 1.29 is 4.39 Å². The highest BCUT2D eigenvalue weighted by Crippen LogP contribution is 2.24. The molecule has 0 fully saturated rings. The highest BCUT2D eigenvalue weighted by atomic mass is 35.5. The van der Waals surface area contributed by atoms with E-state index in [-0.39, 0.29) is 11.9 Å². The van der Waals surface area contributed by atoms with Gasteiger partial charge in [-0.05, 0) is 38.6 Å². The Morgan fingerprint density at radius 1 is 1.37 bits per heavy atom. The molecule has 0 aliphatic carbocycles. The predicted molar refractivity (Wildman–Crippen MR) is 73.7 cm³/mol. The maximum Gasteiger partial charge on any atom is 0.127 e. The molecule has 2 aromatic rings. The van der Waals surface area contributed by atoms with Crippen LogP contribution in [0.3, 0.4) is 0 Å². The fourth-order valence-corrected chi connectivity index (χ4v) is 2.19. The van der Waals surface area contributed by atoms with Crippen LogP contribution in [0.2, 0.25) is 5.02 Å². The Kier molecular flexibility index (Phi) is 4.45. The number of nitrogens with one attached hydrogen (secondary N) is 1. The summed E-state index contributed by atoms with van der Waals surface area (Å²) in [6, 6.07) is 6.43. The van der Waals surface area contributed by atoms with E-state index in [0.29, 0.717) is 22.8 Å². The van der Waals surface area contributed by atoms with Crippen LogP contribution >= 0.6 is 11.6 Å². The molecule has 1 aromatic heterocycles. The monoisotopic (exact) mass is 279 g/mol. The number of benzene rings is 1. The molecule has 1 N–H and O–H groups in total. The van der Waals surface area contributed by atoms with Crippen LogP contribution in [0.1, 0.15) is 23.1 Å². The predicted octanol–water partition coefficient (Wildman–Crippen LogP) is 3.08. The summed E-state index contributed by atoms with van der Waals surface area (Å²) in [5.41, 5.74) is 1.33. The zero-order valence-corrected chi connectivity index (χ0v) is 11.6. The van der Waals surface area contributed by atoms with Gasteiger partial charge >= 0.3 is 0 Å². The van der Waals surface area contributed by atoms with E-state index < -0.39 is 0 Å². The highest BCUT2D eigenvalue weighted by molar-refractivity contribution is 6.31. The molecule has 1 aromatic carbocycles. The molecule has 0 saturated carbocycles. The summed E-state index contributed by atoms with van der Waals surface area (Å²) < 4.78 is 13.8. The first-order valence-corrected chi connectivity index (χ1v) is 6.39. The third-order valence-electron chi connectivity index (χ3n) is 2.97. The van der Waals surface area contributed by atoms with Gasteiger partial charge in [-0.25, -0.2) is 14.4 Å². The van der Waals surface area contributed by atoms with E-state index in [1.54, 1.807) is 18.3 Å². The maximum atomic E-state index is 13.8. The summed E-state index contributed by atoms with van der Waals surface area (Å²) in [5.74, 6) is 0.399. The Morgan fingerprint density at radius 2 is 2.16 bits per heavy atom. The van der Waals surface area contributed by atoms with Crippen molar-refractivity contribution in [3.8, 4) is 0 Å². The van der Waals surface area contributed by atoms with Crippen LogP contribution in [0.25, 0.3) is 0 Å². The molecule has 1 heterocycles. The molecule has 5 heteroatoms. The van der Waals surface area contributed by atoms with E-state index in [4.69, 9.17) is 11.6 Å². The van der Waals surface area contributed by atoms with Crippen LogP contribution in [-0.4, -0.2) is 17.0 Å². The Hall–Kier alpha value is -1.52. The summed E-state index contributed by atoms with van der Waals surface area (Å²) in [5, 5.41) is 3.57. The number of likely N-dealkylation sites (N-methyl/N-ethyl adjacent to an activating group) is 1. The van der Waals surface area contributed by atoms with Gasteiger partial charge in [0.25, 0.3) is 0 Å². The van der Waals surface area contributed by atoms with Crippen molar-refractivity contribution in [3.63, 3.8) is 0 Å². The molecule has 100 valence electrons. The SMILES string of the molecule is CNC(Cc1c(F)cccc1Cl)c1ccnc(C)n1. The number of aryl methyl sites for hydroxylation is 1. The minimum atomic E-state index is -0.293. The lowest BCUT2D eigenvalue weighted by atomic mass is 10.0. The Morgan fingerprint density at radius 3 is 2.79 bits per heavy atom. The van der Waals surface area contributed by atoms with E-state index in [9.17, 15) is 4.39 Å². The summed E-state index contributed by atoms with van der Waals surface area (Å²) >= 11 is 6.05. The van der Waals surface area contributed by atoms with Crippen LogP contribution in [0.4, 0.5) is 4.39 Å².